The first-order valence-corrected chi connectivity index (χ1v) is 7.98. The Labute approximate surface area is 137 Å². The summed E-state index contributed by atoms with van der Waals surface area (Å²) in [7, 11) is 1.85. The molecule has 0 atom stereocenters. The maximum absolute atomic E-state index is 12.1. The number of hydrogen-bond donors (Lipinski definition) is 1. The SMILES string of the molecule is Cc1c(C(=O)N/N=C\c2ccc3c(c2)COC3)sc(=S)n1C. The minimum absolute atomic E-state index is 0.241. The summed E-state index contributed by atoms with van der Waals surface area (Å²) in [6.45, 7) is 3.17. The van der Waals surface area contributed by atoms with E-state index in [9.17, 15) is 4.79 Å². The second-order valence-electron chi connectivity index (χ2n) is 5.06. The van der Waals surface area contributed by atoms with E-state index in [1.54, 1.807) is 6.21 Å². The van der Waals surface area contributed by atoms with E-state index >= 15 is 0 Å². The van der Waals surface area contributed by atoms with E-state index in [2.05, 4.69) is 10.5 Å². The first kappa shape index (κ1) is 15.1. The maximum atomic E-state index is 12.1. The fourth-order valence-electron chi connectivity index (χ4n) is 2.22. The van der Waals surface area contributed by atoms with Gasteiger partial charge in [-0.1, -0.05) is 23.5 Å². The second kappa shape index (κ2) is 6.12. The summed E-state index contributed by atoms with van der Waals surface area (Å²) >= 11 is 6.45. The van der Waals surface area contributed by atoms with Gasteiger partial charge < -0.3 is 9.30 Å². The zero-order valence-corrected chi connectivity index (χ0v) is 13.9. The summed E-state index contributed by atoms with van der Waals surface area (Å²) in [5, 5.41) is 4.02. The number of nitrogens with one attached hydrogen (secondary N) is 1. The van der Waals surface area contributed by atoms with E-state index in [0.29, 0.717) is 22.0 Å². The van der Waals surface area contributed by atoms with Crippen molar-refractivity contribution in [3.05, 3.63) is 49.4 Å². The molecule has 3 rings (SSSR count). The van der Waals surface area contributed by atoms with E-state index in [1.807, 2.05) is 36.7 Å². The predicted molar refractivity (Wildman–Crippen MR) is 88.9 cm³/mol. The molecule has 5 nitrogen and oxygen atoms in total. The maximum Gasteiger partial charge on any atom is 0.283 e. The largest absolute Gasteiger partial charge is 0.372 e. The summed E-state index contributed by atoms with van der Waals surface area (Å²) in [6.07, 6.45) is 1.63. The number of fused-ring (bicyclic) bond motifs is 1. The van der Waals surface area contributed by atoms with Crippen molar-refractivity contribution in [3.8, 4) is 0 Å². The van der Waals surface area contributed by atoms with Crippen LogP contribution in [0.25, 0.3) is 0 Å². The number of nitrogens with zero attached hydrogens (tertiary/aromatic N) is 2. The van der Waals surface area contributed by atoms with E-state index in [4.69, 9.17) is 17.0 Å². The van der Waals surface area contributed by atoms with Gasteiger partial charge in [0.1, 0.15) is 4.88 Å². The molecule has 0 saturated carbocycles. The Morgan fingerprint density at radius 3 is 2.95 bits per heavy atom. The van der Waals surface area contributed by atoms with E-state index < -0.39 is 0 Å². The molecule has 1 aliphatic rings. The third-order valence-electron chi connectivity index (χ3n) is 3.63. The molecular weight excluding hydrogens is 318 g/mol. The van der Waals surface area contributed by atoms with E-state index in [-0.39, 0.29) is 5.91 Å². The third kappa shape index (κ3) is 2.87. The smallest absolute Gasteiger partial charge is 0.283 e. The fraction of sp³-hybridized carbons (Fsp3) is 0.267. The normalized spacial score (nSPS) is 13.5. The third-order valence-corrected chi connectivity index (χ3v) is 5.28. The molecule has 7 heteroatoms. The summed E-state index contributed by atoms with van der Waals surface area (Å²) in [5.41, 5.74) is 6.71. The molecule has 0 unspecified atom stereocenters. The average molecular weight is 333 g/mol. The van der Waals surface area contributed by atoms with Gasteiger partial charge in [0.2, 0.25) is 0 Å². The van der Waals surface area contributed by atoms with Crippen LogP contribution in [0.4, 0.5) is 0 Å². The molecule has 0 bridgehead atoms. The Morgan fingerprint density at radius 2 is 2.23 bits per heavy atom. The lowest BCUT2D eigenvalue weighted by Gasteiger charge is -2.00. The first-order valence-electron chi connectivity index (χ1n) is 6.75. The minimum atomic E-state index is -0.241. The molecule has 0 radical (unpaired) electrons. The zero-order valence-electron chi connectivity index (χ0n) is 12.3. The van der Waals surface area contributed by atoms with Crippen LogP contribution in [0.2, 0.25) is 0 Å². The van der Waals surface area contributed by atoms with Crippen molar-refractivity contribution in [2.24, 2.45) is 12.1 Å². The van der Waals surface area contributed by atoms with Gasteiger partial charge >= 0.3 is 0 Å². The quantitative estimate of drug-likeness (QED) is 0.534. The van der Waals surface area contributed by atoms with Gasteiger partial charge in [-0.15, -0.1) is 0 Å². The van der Waals surface area contributed by atoms with Crippen LogP contribution in [0, 0.1) is 10.9 Å². The van der Waals surface area contributed by atoms with Crippen LogP contribution in [0.15, 0.2) is 23.3 Å². The van der Waals surface area contributed by atoms with Gasteiger partial charge in [-0.2, -0.15) is 5.10 Å². The lowest BCUT2D eigenvalue weighted by Crippen LogP contribution is -2.17. The van der Waals surface area contributed by atoms with Crippen molar-refractivity contribution in [1.82, 2.24) is 9.99 Å². The molecule has 1 aromatic carbocycles. The number of benzene rings is 1. The molecule has 22 heavy (non-hydrogen) atoms. The number of aromatic nitrogens is 1. The number of amides is 1. The number of rotatable bonds is 3. The highest BCUT2D eigenvalue weighted by atomic mass is 32.1. The number of carbonyl (C=O) groups excluding carboxylic acids is 1. The van der Waals surface area contributed by atoms with E-state index in [1.165, 1.54) is 22.5 Å². The Kier molecular flexibility index (Phi) is 4.19. The second-order valence-corrected chi connectivity index (χ2v) is 6.71. The summed E-state index contributed by atoms with van der Waals surface area (Å²) in [6, 6.07) is 6.01. The van der Waals surface area contributed by atoms with Gasteiger partial charge in [-0.25, -0.2) is 5.43 Å². The van der Waals surface area contributed by atoms with Crippen LogP contribution in [0.3, 0.4) is 0 Å². The highest BCUT2D eigenvalue weighted by Crippen LogP contribution is 2.20. The Hall–Kier alpha value is -1.83. The van der Waals surface area contributed by atoms with Crippen molar-refractivity contribution in [2.75, 3.05) is 0 Å². The van der Waals surface area contributed by atoms with Crippen LogP contribution in [0.1, 0.15) is 32.1 Å². The van der Waals surface area contributed by atoms with Crippen molar-refractivity contribution in [1.29, 1.82) is 0 Å². The van der Waals surface area contributed by atoms with Crippen molar-refractivity contribution >= 4 is 35.7 Å². The monoisotopic (exact) mass is 333 g/mol. The minimum Gasteiger partial charge on any atom is -0.372 e. The average Bonchev–Trinajstić information content (AvgIpc) is 3.07. The van der Waals surface area contributed by atoms with Gasteiger partial charge in [-0.3, -0.25) is 4.79 Å². The molecule has 0 aliphatic carbocycles. The van der Waals surface area contributed by atoms with Gasteiger partial charge in [0.15, 0.2) is 3.95 Å². The highest BCUT2D eigenvalue weighted by Gasteiger charge is 2.14. The van der Waals surface area contributed by atoms with Gasteiger partial charge in [0, 0.05) is 12.7 Å². The highest BCUT2D eigenvalue weighted by molar-refractivity contribution is 7.73. The molecule has 0 fully saturated rings. The Morgan fingerprint density at radius 1 is 1.45 bits per heavy atom. The molecule has 114 valence electrons. The first-order chi connectivity index (χ1) is 10.6. The number of thiazole rings is 1. The molecule has 0 spiro atoms. The topological polar surface area (TPSA) is 55.6 Å². The molecule has 0 saturated heterocycles. The van der Waals surface area contributed by atoms with Gasteiger partial charge in [0.25, 0.3) is 5.91 Å². The fourth-order valence-corrected chi connectivity index (χ4v) is 3.48. The Balaban J connectivity index is 1.70. The standard InChI is InChI=1S/C15H15N3O2S2/c1-9-13(22-15(21)18(9)2)14(19)17-16-6-10-3-4-11-7-20-8-12(11)5-10/h3-6H,7-8H2,1-2H3,(H,17,19)/b16-6-. The summed E-state index contributed by atoms with van der Waals surface area (Å²) in [4.78, 5) is 12.7. The van der Waals surface area contributed by atoms with E-state index in [0.717, 1.165) is 11.3 Å². The molecule has 2 heterocycles. The number of ether oxygens (including phenoxy) is 1. The molecular formula is C15H15N3O2S2. The van der Waals surface area contributed by atoms with Crippen molar-refractivity contribution in [3.63, 3.8) is 0 Å². The van der Waals surface area contributed by atoms with Crippen molar-refractivity contribution < 1.29 is 9.53 Å². The number of carbonyl (C=O) groups is 1. The Bertz CT molecular complexity index is 821. The van der Waals surface area contributed by atoms with Gasteiger partial charge in [0.05, 0.1) is 19.4 Å². The van der Waals surface area contributed by atoms with Crippen LogP contribution < -0.4 is 5.43 Å². The molecule has 1 amide bonds. The number of hydrazone groups is 1. The van der Waals surface area contributed by atoms with Crippen LogP contribution in [-0.2, 0) is 25.0 Å². The molecule has 1 N–H and O–H groups in total. The van der Waals surface area contributed by atoms with Crippen LogP contribution in [-0.4, -0.2) is 16.7 Å². The van der Waals surface area contributed by atoms with Crippen molar-refractivity contribution in [2.45, 2.75) is 20.1 Å². The molecule has 1 aromatic heterocycles. The van der Waals surface area contributed by atoms with Crippen LogP contribution >= 0.6 is 23.6 Å². The number of hydrogen-bond acceptors (Lipinski definition) is 5. The van der Waals surface area contributed by atoms with Gasteiger partial charge in [-0.05, 0) is 41.9 Å². The summed E-state index contributed by atoms with van der Waals surface area (Å²) in [5.74, 6) is -0.241. The molecule has 2 aromatic rings. The summed E-state index contributed by atoms with van der Waals surface area (Å²) < 4.78 is 7.86. The predicted octanol–water partition coefficient (Wildman–Crippen LogP) is 2.92. The lowest BCUT2D eigenvalue weighted by molar-refractivity contribution is 0.0958. The zero-order chi connectivity index (χ0) is 15.7. The lowest BCUT2D eigenvalue weighted by atomic mass is 10.1. The molecule has 1 aliphatic heterocycles. The van der Waals surface area contributed by atoms with Crippen LogP contribution in [0.5, 0.6) is 0 Å².